The van der Waals surface area contributed by atoms with Crippen LogP contribution in [0.2, 0.25) is 0 Å². The monoisotopic (exact) mass is 307 g/mol. The normalized spacial score (nSPS) is 12.3. The minimum Gasteiger partial charge on any atom is -0.493 e. The second-order valence-electron chi connectivity index (χ2n) is 5.60. The summed E-state index contributed by atoms with van der Waals surface area (Å²) in [5.41, 5.74) is 3.92. The van der Waals surface area contributed by atoms with Gasteiger partial charge in [0.05, 0.1) is 6.61 Å². The smallest absolute Gasteiger partial charge is 0.148 e. The van der Waals surface area contributed by atoms with Crippen LogP contribution in [0.5, 0.6) is 11.5 Å². The average molecular weight is 307 g/mol. The second-order valence-corrected chi connectivity index (χ2v) is 5.60. The van der Waals surface area contributed by atoms with E-state index < -0.39 is 0 Å². The van der Waals surface area contributed by atoms with E-state index in [4.69, 9.17) is 15.9 Å². The molecule has 2 aromatic rings. The molecule has 1 aliphatic rings. The molecule has 1 aliphatic heterocycles. The van der Waals surface area contributed by atoms with Crippen LogP contribution in [-0.4, -0.2) is 19.8 Å². The van der Waals surface area contributed by atoms with Gasteiger partial charge in [0.2, 0.25) is 0 Å². The van der Waals surface area contributed by atoms with Gasteiger partial charge in [-0.1, -0.05) is 30.2 Å². The van der Waals surface area contributed by atoms with Crippen LogP contribution < -0.4 is 14.8 Å². The summed E-state index contributed by atoms with van der Waals surface area (Å²) in [6.07, 6.45) is 7.19. The van der Waals surface area contributed by atoms with Crippen LogP contribution in [0.3, 0.4) is 0 Å². The Morgan fingerprint density at radius 2 is 1.96 bits per heavy atom. The van der Waals surface area contributed by atoms with Crippen molar-refractivity contribution in [1.82, 2.24) is 5.32 Å². The van der Waals surface area contributed by atoms with Gasteiger partial charge in [-0.25, -0.2) is 0 Å². The fraction of sp³-hybridized carbons (Fsp3) is 0.300. The van der Waals surface area contributed by atoms with Crippen molar-refractivity contribution in [2.24, 2.45) is 0 Å². The summed E-state index contributed by atoms with van der Waals surface area (Å²) in [5, 5.41) is 3.49. The van der Waals surface area contributed by atoms with Crippen LogP contribution in [0.4, 0.5) is 0 Å². The SMILES string of the molecule is C#CCOc1ccc(CCNCc2ccc3c(c2)CCO3)cc1. The Morgan fingerprint density at radius 3 is 2.78 bits per heavy atom. The Hall–Kier alpha value is -2.44. The Morgan fingerprint density at radius 1 is 1.13 bits per heavy atom. The van der Waals surface area contributed by atoms with Gasteiger partial charge in [-0.2, -0.15) is 0 Å². The lowest BCUT2D eigenvalue weighted by Gasteiger charge is -2.08. The number of nitrogens with one attached hydrogen (secondary N) is 1. The van der Waals surface area contributed by atoms with Crippen LogP contribution in [0.25, 0.3) is 0 Å². The average Bonchev–Trinajstić information content (AvgIpc) is 3.05. The zero-order valence-electron chi connectivity index (χ0n) is 13.2. The van der Waals surface area contributed by atoms with Gasteiger partial charge in [-0.05, 0) is 47.9 Å². The first-order valence-electron chi connectivity index (χ1n) is 7.95. The summed E-state index contributed by atoms with van der Waals surface area (Å²) in [4.78, 5) is 0. The molecule has 2 aromatic carbocycles. The van der Waals surface area contributed by atoms with Crippen molar-refractivity contribution < 1.29 is 9.47 Å². The van der Waals surface area contributed by atoms with E-state index in [2.05, 4.69) is 41.6 Å². The fourth-order valence-electron chi connectivity index (χ4n) is 2.69. The lowest BCUT2D eigenvalue weighted by molar-refractivity contribution is 0.357. The van der Waals surface area contributed by atoms with E-state index in [1.807, 2.05) is 12.1 Å². The maximum atomic E-state index is 5.53. The second kappa shape index (κ2) is 7.71. The molecule has 0 atom stereocenters. The van der Waals surface area contributed by atoms with E-state index in [0.29, 0.717) is 6.61 Å². The van der Waals surface area contributed by atoms with Crippen molar-refractivity contribution >= 4 is 0 Å². The van der Waals surface area contributed by atoms with E-state index in [9.17, 15) is 0 Å². The van der Waals surface area contributed by atoms with E-state index in [-0.39, 0.29) is 0 Å². The minimum atomic E-state index is 0.312. The number of benzene rings is 2. The zero-order valence-corrected chi connectivity index (χ0v) is 13.2. The summed E-state index contributed by atoms with van der Waals surface area (Å²) in [5.74, 6) is 4.33. The molecule has 0 fully saturated rings. The van der Waals surface area contributed by atoms with Crippen LogP contribution >= 0.6 is 0 Å². The molecule has 0 aliphatic carbocycles. The predicted octanol–water partition coefficient (Wildman–Crippen LogP) is 2.97. The first-order chi connectivity index (χ1) is 11.3. The van der Waals surface area contributed by atoms with Crippen molar-refractivity contribution in [3.8, 4) is 23.8 Å². The highest BCUT2D eigenvalue weighted by atomic mass is 16.5. The highest BCUT2D eigenvalue weighted by Crippen LogP contribution is 2.25. The number of hydrogen-bond donors (Lipinski definition) is 1. The molecule has 1 heterocycles. The lowest BCUT2D eigenvalue weighted by Crippen LogP contribution is -2.16. The summed E-state index contributed by atoms with van der Waals surface area (Å²) in [7, 11) is 0. The first kappa shape index (κ1) is 15.5. The van der Waals surface area contributed by atoms with Crippen LogP contribution in [0.1, 0.15) is 16.7 Å². The topological polar surface area (TPSA) is 30.5 Å². The summed E-state index contributed by atoms with van der Waals surface area (Å²) in [6.45, 7) is 2.95. The first-order valence-corrected chi connectivity index (χ1v) is 7.95. The van der Waals surface area contributed by atoms with Crippen molar-refractivity contribution in [2.45, 2.75) is 19.4 Å². The minimum absolute atomic E-state index is 0.312. The largest absolute Gasteiger partial charge is 0.493 e. The van der Waals surface area contributed by atoms with Crippen LogP contribution in [0, 0.1) is 12.3 Å². The van der Waals surface area contributed by atoms with E-state index in [1.165, 1.54) is 16.7 Å². The lowest BCUT2D eigenvalue weighted by atomic mass is 10.1. The Kier molecular flexibility index (Phi) is 5.18. The Labute approximate surface area is 137 Å². The molecule has 118 valence electrons. The molecule has 0 spiro atoms. The summed E-state index contributed by atoms with van der Waals surface area (Å²) >= 11 is 0. The Balaban J connectivity index is 1.42. The molecule has 0 saturated carbocycles. The summed E-state index contributed by atoms with van der Waals surface area (Å²) in [6, 6.07) is 14.6. The summed E-state index contributed by atoms with van der Waals surface area (Å²) < 4.78 is 10.9. The van der Waals surface area contributed by atoms with E-state index in [0.717, 1.165) is 44.0 Å². The molecule has 3 rings (SSSR count). The third kappa shape index (κ3) is 4.28. The molecule has 1 N–H and O–H groups in total. The molecule has 23 heavy (non-hydrogen) atoms. The zero-order chi connectivity index (χ0) is 15.9. The highest BCUT2D eigenvalue weighted by Gasteiger charge is 2.11. The molecule has 0 aromatic heterocycles. The van der Waals surface area contributed by atoms with Gasteiger partial charge in [0, 0.05) is 13.0 Å². The van der Waals surface area contributed by atoms with Crippen molar-refractivity contribution in [1.29, 1.82) is 0 Å². The third-order valence-electron chi connectivity index (χ3n) is 3.92. The fourth-order valence-corrected chi connectivity index (χ4v) is 2.69. The number of ether oxygens (including phenoxy) is 2. The van der Waals surface area contributed by atoms with Gasteiger partial charge in [0.25, 0.3) is 0 Å². The maximum Gasteiger partial charge on any atom is 0.148 e. The number of fused-ring (bicyclic) bond motifs is 1. The number of hydrogen-bond acceptors (Lipinski definition) is 3. The standard InChI is InChI=1S/C20H21NO2/c1-2-12-22-19-6-3-16(4-7-19)9-11-21-15-17-5-8-20-18(14-17)10-13-23-20/h1,3-8,14,21H,9-13,15H2. The predicted molar refractivity (Wildman–Crippen MR) is 91.8 cm³/mol. The van der Waals surface area contributed by atoms with Gasteiger partial charge in [-0.3, -0.25) is 0 Å². The molecule has 3 heteroatoms. The van der Waals surface area contributed by atoms with E-state index >= 15 is 0 Å². The van der Waals surface area contributed by atoms with E-state index in [1.54, 1.807) is 0 Å². The maximum absolute atomic E-state index is 5.53. The van der Waals surface area contributed by atoms with Gasteiger partial charge in [-0.15, -0.1) is 6.42 Å². The highest BCUT2D eigenvalue weighted by molar-refractivity contribution is 5.39. The quantitative estimate of drug-likeness (QED) is 0.630. The third-order valence-corrected chi connectivity index (χ3v) is 3.92. The van der Waals surface area contributed by atoms with Crippen LogP contribution in [-0.2, 0) is 19.4 Å². The van der Waals surface area contributed by atoms with Crippen LogP contribution in [0.15, 0.2) is 42.5 Å². The van der Waals surface area contributed by atoms with Gasteiger partial charge in [0.1, 0.15) is 18.1 Å². The molecule has 3 nitrogen and oxygen atoms in total. The molecular weight excluding hydrogens is 286 g/mol. The molecule has 0 bridgehead atoms. The number of rotatable bonds is 7. The molecule has 0 radical (unpaired) electrons. The molecule has 0 amide bonds. The van der Waals surface area contributed by atoms with Gasteiger partial charge < -0.3 is 14.8 Å². The van der Waals surface area contributed by atoms with Gasteiger partial charge in [0.15, 0.2) is 0 Å². The molecular formula is C20H21NO2. The van der Waals surface area contributed by atoms with Crippen molar-refractivity contribution in [3.63, 3.8) is 0 Å². The van der Waals surface area contributed by atoms with Gasteiger partial charge >= 0.3 is 0 Å². The number of terminal acetylenes is 1. The Bertz CT molecular complexity index is 686. The molecule has 0 unspecified atom stereocenters. The molecule has 0 saturated heterocycles. The van der Waals surface area contributed by atoms with Crippen molar-refractivity contribution in [2.75, 3.05) is 19.8 Å². The van der Waals surface area contributed by atoms with Crippen molar-refractivity contribution in [3.05, 3.63) is 59.2 Å².